The molecule has 0 N–H and O–H groups in total. The van der Waals surface area contributed by atoms with E-state index in [4.69, 9.17) is 44.3 Å². The number of carbonyl (C=O) groups excluding carboxylic acids is 1. The topological polar surface area (TPSA) is 35.5 Å². The van der Waals surface area contributed by atoms with Crippen LogP contribution < -0.4 is 4.74 Å². The van der Waals surface area contributed by atoms with E-state index in [9.17, 15) is 4.79 Å². The Bertz CT molecular complexity index is 419. The Morgan fingerprint density at radius 2 is 1.94 bits per heavy atom. The largest absolute Gasteiger partial charge is 0.421 e. The van der Waals surface area contributed by atoms with Crippen LogP contribution in [-0.2, 0) is 9.53 Å². The Kier molecular flexibility index (Phi) is 4.15. The third kappa shape index (κ3) is 3.05. The highest BCUT2D eigenvalue weighted by molar-refractivity contribution is 6.40. The predicted molar refractivity (Wildman–Crippen MR) is 66.1 cm³/mol. The van der Waals surface area contributed by atoms with Crippen molar-refractivity contribution in [2.75, 3.05) is 6.61 Å². The summed E-state index contributed by atoms with van der Waals surface area (Å²) in [6, 6.07) is 2.93. The first-order valence-corrected chi connectivity index (χ1v) is 6.19. The number of carbonyl (C=O) groups is 1. The molecule has 1 heterocycles. The molecule has 1 atom stereocenters. The first kappa shape index (κ1) is 13.0. The highest BCUT2D eigenvalue weighted by Crippen LogP contribution is 2.36. The van der Waals surface area contributed by atoms with Gasteiger partial charge in [-0.1, -0.05) is 34.8 Å². The number of halogens is 3. The zero-order valence-corrected chi connectivity index (χ0v) is 11.0. The summed E-state index contributed by atoms with van der Waals surface area (Å²) in [5.74, 6) is -0.355. The maximum absolute atomic E-state index is 11.7. The minimum atomic E-state index is -0.530. The average Bonchev–Trinajstić information content (AvgIpc) is 2.76. The molecule has 1 fully saturated rings. The third-order valence-electron chi connectivity index (χ3n) is 2.36. The molecule has 17 heavy (non-hydrogen) atoms. The van der Waals surface area contributed by atoms with Crippen LogP contribution in [0.3, 0.4) is 0 Å². The standard InChI is InChI=1S/C11H9Cl3O3/c12-6-4-7(13)10(8(14)5-6)17-11(15)9-2-1-3-16-9/h4-5,9H,1-3H2. The van der Waals surface area contributed by atoms with Gasteiger partial charge in [-0.05, 0) is 25.0 Å². The van der Waals surface area contributed by atoms with Crippen LogP contribution in [0.25, 0.3) is 0 Å². The average molecular weight is 296 g/mol. The van der Waals surface area contributed by atoms with Gasteiger partial charge in [0.2, 0.25) is 0 Å². The summed E-state index contributed by atoms with van der Waals surface area (Å²) in [7, 11) is 0. The molecule has 0 radical (unpaired) electrons. The zero-order chi connectivity index (χ0) is 12.4. The van der Waals surface area contributed by atoms with E-state index in [-0.39, 0.29) is 15.8 Å². The van der Waals surface area contributed by atoms with E-state index < -0.39 is 12.1 Å². The van der Waals surface area contributed by atoms with E-state index in [2.05, 4.69) is 0 Å². The van der Waals surface area contributed by atoms with Crippen molar-refractivity contribution in [3.63, 3.8) is 0 Å². The molecule has 92 valence electrons. The van der Waals surface area contributed by atoms with Gasteiger partial charge in [-0.2, -0.15) is 0 Å². The molecule has 6 heteroatoms. The molecule has 1 aromatic carbocycles. The van der Waals surface area contributed by atoms with Gasteiger partial charge >= 0.3 is 5.97 Å². The molecule has 1 saturated heterocycles. The fraction of sp³-hybridized carbons (Fsp3) is 0.364. The van der Waals surface area contributed by atoms with E-state index in [1.807, 2.05) is 0 Å². The van der Waals surface area contributed by atoms with E-state index in [0.29, 0.717) is 18.1 Å². The number of ether oxygens (including phenoxy) is 2. The predicted octanol–water partition coefficient (Wildman–Crippen LogP) is 3.73. The molecule has 1 aromatic rings. The minimum absolute atomic E-state index is 0.123. The van der Waals surface area contributed by atoms with Crippen LogP contribution in [0.1, 0.15) is 12.8 Å². The normalized spacial score (nSPS) is 19.4. The summed E-state index contributed by atoms with van der Waals surface area (Å²) in [6.07, 6.45) is 0.974. The molecule has 3 nitrogen and oxygen atoms in total. The summed E-state index contributed by atoms with van der Waals surface area (Å²) in [5, 5.41) is 0.791. The number of rotatable bonds is 2. The number of hydrogen-bond acceptors (Lipinski definition) is 3. The number of benzene rings is 1. The van der Waals surface area contributed by atoms with Crippen LogP contribution in [0.5, 0.6) is 5.75 Å². The van der Waals surface area contributed by atoms with Crippen molar-refractivity contribution in [3.8, 4) is 5.75 Å². The monoisotopic (exact) mass is 294 g/mol. The Morgan fingerprint density at radius 3 is 2.47 bits per heavy atom. The van der Waals surface area contributed by atoms with Crippen molar-refractivity contribution in [3.05, 3.63) is 27.2 Å². The summed E-state index contributed by atoms with van der Waals surface area (Å²) in [4.78, 5) is 11.7. The van der Waals surface area contributed by atoms with Crippen molar-refractivity contribution >= 4 is 40.8 Å². The Hall–Kier alpha value is -0.480. The molecular weight excluding hydrogens is 286 g/mol. The van der Waals surface area contributed by atoms with E-state index in [1.54, 1.807) is 0 Å². The van der Waals surface area contributed by atoms with Crippen molar-refractivity contribution in [2.45, 2.75) is 18.9 Å². The molecular formula is C11H9Cl3O3. The quantitative estimate of drug-likeness (QED) is 0.616. The smallest absolute Gasteiger partial charge is 0.340 e. The van der Waals surface area contributed by atoms with Crippen LogP contribution in [0, 0.1) is 0 Å². The maximum Gasteiger partial charge on any atom is 0.340 e. The summed E-state index contributed by atoms with van der Waals surface area (Å²) >= 11 is 17.5. The lowest BCUT2D eigenvalue weighted by Gasteiger charge is -2.11. The second-order valence-corrected chi connectivity index (χ2v) is 4.87. The lowest BCUT2D eigenvalue weighted by Crippen LogP contribution is -2.25. The second-order valence-electron chi connectivity index (χ2n) is 3.62. The third-order valence-corrected chi connectivity index (χ3v) is 3.14. The molecule has 1 unspecified atom stereocenters. The van der Waals surface area contributed by atoms with Gasteiger partial charge in [-0.15, -0.1) is 0 Å². The Morgan fingerprint density at radius 1 is 1.29 bits per heavy atom. The Labute approximate surface area is 114 Å². The van der Waals surface area contributed by atoms with Gasteiger partial charge in [0.15, 0.2) is 11.9 Å². The fourth-order valence-corrected chi connectivity index (χ4v) is 2.45. The van der Waals surface area contributed by atoms with Gasteiger partial charge in [0.05, 0.1) is 10.0 Å². The lowest BCUT2D eigenvalue weighted by molar-refractivity contribution is -0.144. The summed E-state index contributed by atoms with van der Waals surface area (Å²) in [6.45, 7) is 0.571. The summed E-state index contributed by atoms with van der Waals surface area (Å²) < 4.78 is 10.3. The molecule has 0 bridgehead atoms. The number of esters is 1. The fourth-order valence-electron chi connectivity index (χ4n) is 1.56. The second kappa shape index (κ2) is 5.44. The molecule has 0 aromatic heterocycles. The van der Waals surface area contributed by atoms with Crippen LogP contribution in [0.4, 0.5) is 0 Å². The molecule has 2 rings (SSSR count). The summed E-state index contributed by atoms with van der Waals surface area (Å²) in [5.41, 5.74) is 0. The zero-order valence-electron chi connectivity index (χ0n) is 8.71. The number of hydrogen-bond donors (Lipinski definition) is 0. The van der Waals surface area contributed by atoms with Gasteiger partial charge in [0.1, 0.15) is 0 Å². The van der Waals surface area contributed by atoms with E-state index in [1.165, 1.54) is 12.1 Å². The van der Waals surface area contributed by atoms with Gasteiger partial charge in [-0.3, -0.25) is 0 Å². The van der Waals surface area contributed by atoms with E-state index >= 15 is 0 Å². The van der Waals surface area contributed by atoms with Crippen molar-refractivity contribution < 1.29 is 14.3 Å². The first-order chi connectivity index (χ1) is 8.08. The van der Waals surface area contributed by atoms with Crippen LogP contribution in [0.15, 0.2) is 12.1 Å². The maximum atomic E-state index is 11.7. The van der Waals surface area contributed by atoms with Crippen LogP contribution in [-0.4, -0.2) is 18.7 Å². The van der Waals surface area contributed by atoms with Gasteiger partial charge < -0.3 is 9.47 Å². The molecule has 1 aliphatic heterocycles. The Balaban J connectivity index is 2.15. The molecule has 0 aliphatic carbocycles. The minimum Gasteiger partial charge on any atom is -0.421 e. The van der Waals surface area contributed by atoms with Crippen molar-refractivity contribution in [2.24, 2.45) is 0 Å². The molecule has 0 amide bonds. The lowest BCUT2D eigenvalue weighted by atomic mass is 10.2. The van der Waals surface area contributed by atoms with Gasteiger partial charge in [-0.25, -0.2) is 4.79 Å². The molecule has 0 spiro atoms. The highest BCUT2D eigenvalue weighted by Gasteiger charge is 2.27. The highest BCUT2D eigenvalue weighted by atomic mass is 35.5. The van der Waals surface area contributed by atoms with Gasteiger partial charge in [0.25, 0.3) is 0 Å². The van der Waals surface area contributed by atoms with Crippen molar-refractivity contribution in [1.82, 2.24) is 0 Å². The van der Waals surface area contributed by atoms with Crippen LogP contribution in [0.2, 0.25) is 15.1 Å². The molecule has 0 saturated carbocycles. The first-order valence-electron chi connectivity index (χ1n) is 5.06. The SMILES string of the molecule is O=C(Oc1c(Cl)cc(Cl)cc1Cl)C1CCCO1. The van der Waals surface area contributed by atoms with Crippen molar-refractivity contribution in [1.29, 1.82) is 0 Å². The van der Waals surface area contributed by atoms with Gasteiger partial charge in [0, 0.05) is 11.6 Å². The van der Waals surface area contributed by atoms with Crippen LogP contribution >= 0.6 is 34.8 Å². The van der Waals surface area contributed by atoms with E-state index in [0.717, 1.165) is 6.42 Å². The molecule has 1 aliphatic rings.